The number of morpholine rings is 1. The van der Waals surface area contributed by atoms with Crippen molar-refractivity contribution in [3.8, 4) is 11.5 Å². The molecule has 1 aliphatic heterocycles. The largest absolute Gasteiger partial charge is 0.444 e. The molecule has 162 valence electrons. The van der Waals surface area contributed by atoms with E-state index in [1.54, 1.807) is 6.26 Å². The second kappa shape index (κ2) is 10.6. The SMILES string of the molecule is CCNC(=NCc1cccnc1N1CCOCC1)NCc1coc(-c2ccccc2)n1. The van der Waals surface area contributed by atoms with Gasteiger partial charge in [0.1, 0.15) is 12.1 Å². The Morgan fingerprint density at radius 3 is 2.74 bits per heavy atom. The Morgan fingerprint density at radius 2 is 1.94 bits per heavy atom. The summed E-state index contributed by atoms with van der Waals surface area (Å²) >= 11 is 0. The lowest BCUT2D eigenvalue weighted by Crippen LogP contribution is -2.38. The highest BCUT2D eigenvalue weighted by Crippen LogP contribution is 2.20. The van der Waals surface area contributed by atoms with Crippen molar-refractivity contribution in [1.82, 2.24) is 20.6 Å². The van der Waals surface area contributed by atoms with Gasteiger partial charge < -0.3 is 24.7 Å². The fourth-order valence-corrected chi connectivity index (χ4v) is 3.40. The van der Waals surface area contributed by atoms with E-state index in [9.17, 15) is 0 Å². The highest BCUT2D eigenvalue weighted by molar-refractivity contribution is 5.79. The second-order valence-corrected chi connectivity index (χ2v) is 7.14. The van der Waals surface area contributed by atoms with Gasteiger partial charge in [0.05, 0.1) is 32.0 Å². The van der Waals surface area contributed by atoms with E-state index in [1.165, 1.54) is 0 Å². The normalized spacial score (nSPS) is 14.5. The number of benzene rings is 1. The number of aliphatic imine (C=N–C) groups is 1. The average molecular weight is 421 g/mol. The van der Waals surface area contributed by atoms with Gasteiger partial charge in [-0.25, -0.2) is 15.0 Å². The van der Waals surface area contributed by atoms with E-state index in [1.807, 2.05) is 49.5 Å². The van der Waals surface area contributed by atoms with E-state index < -0.39 is 0 Å². The minimum Gasteiger partial charge on any atom is -0.444 e. The molecule has 0 aliphatic carbocycles. The first-order valence-corrected chi connectivity index (χ1v) is 10.6. The predicted molar refractivity (Wildman–Crippen MR) is 121 cm³/mol. The first kappa shape index (κ1) is 20.9. The van der Waals surface area contributed by atoms with Crippen molar-refractivity contribution in [2.24, 2.45) is 4.99 Å². The minimum atomic E-state index is 0.519. The Kier molecular flexibility index (Phi) is 7.12. The molecule has 0 unspecified atom stereocenters. The maximum Gasteiger partial charge on any atom is 0.226 e. The molecular formula is C23H28N6O2. The average Bonchev–Trinajstić information content (AvgIpc) is 3.31. The first-order valence-electron chi connectivity index (χ1n) is 10.6. The molecular weight excluding hydrogens is 392 g/mol. The smallest absolute Gasteiger partial charge is 0.226 e. The van der Waals surface area contributed by atoms with Crippen LogP contribution in [0.4, 0.5) is 5.82 Å². The van der Waals surface area contributed by atoms with Crippen LogP contribution in [0.15, 0.2) is 64.3 Å². The highest BCUT2D eigenvalue weighted by atomic mass is 16.5. The van der Waals surface area contributed by atoms with Crippen molar-refractivity contribution in [3.63, 3.8) is 0 Å². The van der Waals surface area contributed by atoms with E-state index in [0.717, 1.165) is 61.4 Å². The van der Waals surface area contributed by atoms with Crippen molar-refractivity contribution < 1.29 is 9.15 Å². The van der Waals surface area contributed by atoms with Crippen molar-refractivity contribution in [1.29, 1.82) is 0 Å². The fraction of sp³-hybridized carbons (Fsp3) is 0.348. The molecule has 0 spiro atoms. The number of oxazole rings is 1. The lowest BCUT2D eigenvalue weighted by molar-refractivity contribution is 0.122. The lowest BCUT2D eigenvalue weighted by Gasteiger charge is -2.29. The molecule has 1 saturated heterocycles. The van der Waals surface area contributed by atoms with Gasteiger partial charge in [-0.2, -0.15) is 0 Å². The molecule has 4 rings (SSSR count). The summed E-state index contributed by atoms with van der Waals surface area (Å²) < 4.78 is 11.1. The van der Waals surface area contributed by atoms with Crippen LogP contribution in [0.2, 0.25) is 0 Å². The van der Waals surface area contributed by atoms with Crippen LogP contribution < -0.4 is 15.5 Å². The van der Waals surface area contributed by atoms with Gasteiger partial charge in [0.15, 0.2) is 5.96 Å². The van der Waals surface area contributed by atoms with Crippen LogP contribution in [0.5, 0.6) is 0 Å². The van der Waals surface area contributed by atoms with Crippen LogP contribution in [-0.4, -0.2) is 48.8 Å². The van der Waals surface area contributed by atoms with E-state index in [0.29, 0.717) is 19.0 Å². The van der Waals surface area contributed by atoms with Crippen LogP contribution in [0.1, 0.15) is 18.2 Å². The van der Waals surface area contributed by atoms with Crippen LogP contribution in [-0.2, 0) is 17.8 Å². The summed E-state index contributed by atoms with van der Waals surface area (Å²) in [6.45, 7) is 7.02. The third-order valence-corrected chi connectivity index (χ3v) is 4.94. The van der Waals surface area contributed by atoms with E-state index in [4.69, 9.17) is 14.1 Å². The topological polar surface area (TPSA) is 87.8 Å². The molecule has 3 heterocycles. The summed E-state index contributed by atoms with van der Waals surface area (Å²) in [7, 11) is 0. The zero-order chi connectivity index (χ0) is 21.3. The second-order valence-electron chi connectivity index (χ2n) is 7.14. The standard InChI is InChI=1S/C23H28N6O2/c1-2-24-23(27-16-20-17-31-22(28-20)18-7-4-3-5-8-18)26-15-19-9-6-10-25-21(19)29-11-13-30-14-12-29/h3-10,17H,2,11-16H2,1H3,(H2,24,26,27). The van der Waals surface area contributed by atoms with Gasteiger partial charge >= 0.3 is 0 Å². The number of guanidine groups is 1. The summed E-state index contributed by atoms with van der Waals surface area (Å²) in [4.78, 5) is 16.2. The predicted octanol–water partition coefficient (Wildman–Crippen LogP) is 2.83. The molecule has 0 radical (unpaired) electrons. The molecule has 31 heavy (non-hydrogen) atoms. The Bertz CT molecular complexity index is 982. The molecule has 0 amide bonds. The molecule has 0 bridgehead atoms. The van der Waals surface area contributed by atoms with Crippen molar-refractivity contribution in [2.45, 2.75) is 20.0 Å². The Morgan fingerprint density at radius 1 is 1.10 bits per heavy atom. The Labute approximate surface area is 182 Å². The molecule has 1 fully saturated rings. The monoisotopic (exact) mass is 420 g/mol. The van der Waals surface area contributed by atoms with Gasteiger partial charge in [-0.05, 0) is 25.1 Å². The molecule has 8 nitrogen and oxygen atoms in total. The zero-order valence-electron chi connectivity index (χ0n) is 17.8. The summed E-state index contributed by atoms with van der Waals surface area (Å²) in [5.41, 5.74) is 2.87. The number of nitrogens with one attached hydrogen (secondary N) is 2. The summed E-state index contributed by atoms with van der Waals surface area (Å²) in [6, 6.07) is 13.9. The molecule has 2 aromatic heterocycles. The fourth-order valence-electron chi connectivity index (χ4n) is 3.40. The van der Waals surface area contributed by atoms with Crippen LogP contribution in [0, 0.1) is 0 Å². The van der Waals surface area contributed by atoms with Crippen LogP contribution in [0.25, 0.3) is 11.5 Å². The summed E-state index contributed by atoms with van der Waals surface area (Å²) in [5, 5.41) is 6.62. The Hall–Kier alpha value is -3.39. The quantitative estimate of drug-likeness (QED) is 0.449. The third-order valence-electron chi connectivity index (χ3n) is 4.94. The summed E-state index contributed by atoms with van der Waals surface area (Å²) in [6.07, 6.45) is 3.51. The molecule has 2 N–H and O–H groups in total. The van der Waals surface area contributed by atoms with E-state index >= 15 is 0 Å². The zero-order valence-corrected chi connectivity index (χ0v) is 17.8. The summed E-state index contributed by atoms with van der Waals surface area (Å²) in [5.74, 6) is 2.32. The van der Waals surface area contributed by atoms with E-state index in [2.05, 4.69) is 31.6 Å². The molecule has 0 atom stereocenters. The number of nitrogens with zero attached hydrogens (tertiary/aromatic N) is 4. The van der Waals surface area contributed by atoms with Gasteiger partial charge in [0.2, 0.25) is 5.89 Å². The van der Waals surface area contributed by atoms with Crippen molar-refractivity contribution in [2.75, 3.05) is 37.7 Å². The molecule has 1 aromatic carbocycles. The minimum absolute atomic E-state index is 0.519. The number of hydrogen-bond donors (Lipinski definition) is 2. The van der Waals surface area contributed by atoms with E-state index in [-0.39, 0.29) is 0 Å². The van der Waals surface area contributed by atoms with Crippen LogP contribution in [0.3, 0.4) is 0 Å². The molecule has 1 aliphatic rings. The highest BCUT2D eigenvalue weighted by Gasteiger charge is 2.15. The van der Waals surface area contributed by atoms with Gasteiger partial charge in [-0.1, -0.05) is 24.3 Å². The number of ether oxygens (including phenoxy) is 1. The number of pyridine rings is 1. The molecule has 8 heteroatoms. The maximum atomic E-state index is 5.62. The van der Waals surface area contributed by atoms with Crippen molar-refractivity contribution >= 4 is 11.8 Å². The number of anilines is 1. The van der Waals surface area contributed by atoms with Gasteiger partial charge in [-0.15, -0.1) is 0 Å². The van der Waals surface area contributed by atoms with Crippen molar-refractivity contribution in [3.05, 3.63) is 66.2 Å². The third kappa shape index (κ3) is 5.61. The number of hydrogen-bond acceptors (Lipinski definition) is 6. The Balaban J connectivity index is 1.41. The van der Waals surface area contributed by atoms with Crippen LogP contribution >= 0.6 is 0 Å². The lowest BCUT2D eigenvalue weighted by atomic mass is 10.2. The number of aromatic nitrogens is 2. The first-order chi connectivity index (χ1) is 15.3. The maximum absolute atomic E-state index is 5.62. The molecule has 3 aromatic rings. The molecule has 0 saturated carbocycles. The number of rotatable bonds is 7. The van der Waals surface area contributed by atoms with Gasteiger partial charge in [-0.3, -0.25) is 0 Å². The van der Waals surface area contributed by atoms with Gasteiger partial charge in [0, 0.05) is 37.0 Å². The van der Waals surface area contributed by atoms with Gasteiger partial charge in [0.25, 0.3) is 0 Å².